The van der Waals surface area contributed by atoms with Crippen LogP contribution in [0.4, 0.5) is 0 Å². The second kappa shape index (κ2) is 14.5. The minimum atomic E-state index is -0.276. The first-order valence-electron chi connectivity index (χ1n) is 11.8. The van der Waals surface area contributed by atoms with E-state index < -0.39 is 0 Å². The fraction of sp³-hybridized carbons (Fsp3) is 0.481. The monoisotopic (exact) mass is 612 g/mol. The van der Waals surface area contributed by atoms with Crippen LogP contribution in [0.3, 0.4) is 0 Å². The zero-order valence-electron chi connectivity index (χ0n) is 20.7. The molecule has 6 nitrogen and oxygen atoms in total. The van der Waals surface area contributed by atoms with Gasteiger partial charge in [0.25, 0.3) is 0 Å². The van der Waals surface area contributed by atoms with E-state index >= 15 is 0 Å². The van der Waals surface area contributed by atoms with Crippen molar-refractivity contribution in [2.24, 2.45) is 0 Å². The Kier molecular flexibility index (Phi) is 12.1. The summed E-state index contributed by atoms with van der Waals surface area (Å²) in [7, 11) is 0. The first kappa shape index (κ1) is 29.2. The molecule has 2 aromatic rings. The molecule has 0 unspecified atom stereocenters. The summed E-state index contributed by atoms with van der Waals surface area (Å²) < 4.78 is 21.7. The lowest BCUT2D eigenvalue weighted by Gasteiger charge is -2.26. The van der Waals surface area contributed by atoms with Gasteiger partial charge in [0, 0.05) is 5.41 Å². The number of hydrogen-bond acceptors (Lipinski definition) is 6. The topological polar surface area (TPSA) is 71.1 Å². The molecular weight excluding hydrogens is 580 g/mol. The van der Waals surface area contributed by atoms with Crippen LogP contribution in [0, 0.1) is 0 Å². The molecule has 0 aromatic heterocycles. The van der Waals surface area contributed by atoms with Crippen molar-refractivity contribution in [2.45, 2.75) is 55.6 Å². The number of ether oxygens (including phenoxy) is 4. The average molecular weight is 614 g/mol. The normalized spacial score (nSPS) is 13.0. The number of rotatable bonds is 14. The van der Waals surface area contributed by atoms with E-state index in [9.17, 15) is 9.59 Å². The summed E-state index contributed by atoms with van der Waals surface area (Å²) in [5, 5.41) is 0. The molecule has 0 aliphatic carbocycles. The molecule has 0 saturated heterocycles. The van der Waals surface area contributed by atoms with Gasteiger partial charge in [-0.1, -0.05) is 83.8 Å². The lowest BCUT2D eigenvalue weighted by molar-refractivity contribution is -0.144. The van der Waals surface area contributed by atoms with Crippen molar-refractivity contribution in [2.75, 3.05) is 26.4 Å². The Morgan fingerprint density at radius 2 is 1.03 bits per heavy atom. The molecule has 0 radical (unpaired) electrons. The summed E-state index contributed by atoms with van der Waals surface area (Å²) in [6.07, 6.45) is 1.36. The van der Waals surface area contributed by atoms with Crippen molar-refractivity contribution in [3.8, 4) is 11.5 Å². The van der Waals surface area contributed by atoms with Crippen LogP contribution in [0.15, 0.2) is 48.5 Å². The molecule has 35 heavy (non-hydrogen) atoms. The predicted octanol–water partition coefficient (Wildman–Crippen LogP) is 6.20. The van der Waals surface area contributed by atoms with Crippen molar-refractivity contribution in [1.29, 1.82) is 0 Å². The van der Waals surface area contributed by atoms with Gasteiger partial charge in [0.1, 0.15) is 47.6 Å². The minimum Gasteiger partial charge on any atom is -0.490 e. The molecule has 0 amide bonds. The third kappa shape index (κ3) is 9.15. The largest absolute Gasteiger partial charge is 0.490 e. The molecule has 2 aromatic carbocycles. The highest BCUT2D eigenvalue weighted by molar-refractivity contribution is 9.10. The third-order valence-corrected chi connectivity index (χ3v) is 7.62. The predicted molar refractivity (Wildman–Crippen MR) is 144 cm³/mol. The van der Waals surface area contributed by atoms with Gasteiger partial charge in [-0.25, -0.2) is 0 Å². The van der Waals surface area contributed by atoms with Gasteiger partial charge < -0.3 is 18.9 Å². The number of alkyl halides is 2. The van der Waals surface area contributed by atoms with Gasteiger partial charge in [-0.05, 0) is 48.2 Å². The summed E-state index contributed by atoms with van der Waals surface area (Å²) in [4.78, 5) is 22.8. The van der Waals surface area contributed by atoms with Gasteiger partial charge >= 0.3 is 11.9 Å². The third-order valence-electron chi connectivity index (χ3n) is 5.57. The van der Waals surface area contributed by atoms with Crippen LogP contribution >= 0.6 is 31.9 Å². The molecule has 0 N–H and O–H groups in total. The van der Waals surface area contributed by atoms with Crippen LogP contribution < -0.4 is 9.47 Å². The Balaban J connectivity index is 1.84. The molecule has 192 valence electrons. The van der Waals surface area contributed by atoms with E-state index in [0.717, 1.165) is 22.6 Å². The SMILES string of the molecule is CC[C@@H](Br)C(=O)OCCOc1ccc(C(C)(C)c2ccc(OCCOC(=O)[C@H](Br)CC)cc2)cc1. The van der Waals surface area contributed by atoms with Crippen molar-refractivity contribution in [3.63, 3.8) is 0 Å². The Morgan fingerprint density at radius 1 is 0.686 bits per heavy atom. The molecule has 8 heteroatoms. The molecule has 0 aliphatic heterocycles. The molecule has 0 saturated carbocycles. The number of carbonyl (C=O) groups excluding carboxylic acids is 2. The van der Waals surface area contributed by atoms with E-state index in [1.807, 2.05) is 62.4 Å². The second-order valence-corrected chi connectivity index (χ2v) is 10.7. The molecule has 0 fully saturated rings. The van der Waals surface area contributed by atoms with Crippen molar-refractivity contribution >= 4 is 43.8 Å². The summed E-state index contributed by atoms with van der Waals surface area (Å²) in [5.74, 6) is 0.905. The molecule has 2 rings (SSSR count). The van der Waals surface area contributed by atoms with Gasteiger partial charge in [0.05, 0.1) is 0 Å². The fourth-order valence-corrected chi connectivity index (χ4v) is 3.48. The Hall–Kier alpha value is -2.06. The van der Waals surface area contributed by atoms with Gasteiger partial charge in [0.15, 0.2) is 0 Å². The van der Waals surface area contributed by atoms with E-state index in [0.29, 0.717) is 26.1 Å². The quantitative estimate of drug-likeness (QED) is 0.143. The smallest absolute Gasteiger partial charge is 0.319 e. The van der Waals surface area contributed by atoms with Crippen molar-refractivity contribution in [1.82, 2.24) is 0 Å². The standard InChI is InChI=1S/C27H34Br2O6/c1-5-23(28)25(30)34-17-15-32-21-11-7-19(8-12-21)27(3,4)20-9-13-22(14-10-20)33-16-18-35-26(31)24(29)6-2/h7-14,23-24H,5-6,15-18H2,1-4H3/t23-,24-/m1/s1. The highest BCUT2D eigenvalue weighted by atomic mass is 79.9. The maximum atomic E-state index is 11.7. The molecule has 0 spiro atoms. The van der Waals surface area contributed by atoms with Crippen LogP contribution in [0.5, 0.6) is 11.5 Å². The molecule has 0 aliphatic rings. The minimum absolute atomic E-state index is 0.209. The maximum absolute atomic E-state index is 11.7. The second-order valence-electron chi connectivity index (χ2n) is 8.46. The van der Waals surface area contributed by atoms with Gasteiger partial charge in [0.2, 0.25) is 0 Å². The lowest BCUT2D eigenvalue weighted by Crippen LogP contribution is -2.20. The van der Waals surface area contributed by atoms with Crippen LogP contribution in [0.2, 0.25) is 0 Å². The van der Waals surface area contributed by atoms with Crippen LogP contribution in [0.25, 0.3) is 0 Å². The highest BCUT2D eigenvalue weighted by Crippen LogP contribution is 2.33. The first-order chi connectivity index (χ1) is 16.7. The van der Waals surface area contributed by atoms with Gasteiger partial charge in [-0.3, -0.25) is 9.59 Å². The molecular formula is C27H34Br2O6. The zero-order valence-corrected chi connectivity index (χ0v) is 23.9. The summed E-state index contributed by atoms with van der Waals surface area (Å²) in [6.45, 7) is 9.16. The van der Waals surface area contributed by atoms with E-state index in [4.69, 9.17) is 18.9 Å². The van der Waals surface area contributed by atoms with Crippen molar-refractivity contribution < 1.29 is 28.5 Å². The summed E-state index contributed by atoms with van der Waals surface area (Å²) >= 11 is 6.55. The summed E-state index contributed by atoms with van der Waals surface area (Å²) in [5.41, 5.74) is 2.06. The van der Waals surface area contributed by atoms with Crippen LogP contribution in [0.1, 0.15) is 51.7 Å². The van der Waals surface area contributed by atoms with Gasteiger partial charge in [-0.2, -0.15) is 0 Å². The first-order valence-corrected chi connectivity index (χ1v) is 13.6. The van der Waals surface area contributed by atoms with E-state index in [1.165, 1.54) is 0 Å². The van der Waals surface area contributed by atoms with E-state index in [1.54, 1.807) is 0 Å². The maximum Gasteiger partial charge on any atom is 0.319 e. The Bertz CT molecular complexity index is 852. The Labute approximate surface area is 224 Å². The van der Waals surface area contributed by atoms with E-state index in [-0.39, 0.29) is 40.2 Å². The zero-order chi connectivity index (χ0) is 25.8. The summed E-state index contributed by atoms with van der Waals surface area (Å²) in [6, 6.07) is 15.9. The molecule has 0 bridgehead atoms. The van der Waals surface area contributed by atoms with Gasteiger partial charge in [-0.15, -0.1) is 0 Å². The van der Waals surface area contributed by atoms with Crippen LogP contribution in [-0.4, -0.2) is 48.0 Å². The number of esters is 2. The fourth-order valence-electron chi connectivity index (χ4n) is 3.22. The molecule has 2 atom stereocenters. The van der Waals surface area contributed by atoms with E-state index in [2.05, 4.69) is 45.7 Å². The number of carbonyl (C=O) groups is 2. The number of halogens is 2. The van der Waals surface area contributed by atoms with Crippen molar-refractivity contribution in [3.05, 3.63) is 59.7 Å². The number of benzene rings is 2. The highest BCUT2D eigenvalue weighted by Gasteiger charge is 2.23. The lowest BCUT2D eigenvalue weighted by atomic mass is 9.78. The van der Waals surface area contributed by atoms with Crippen LogP contribution in [-0.2, 0) is 24.5 Å². The number of hydrogen-bond donors (Lipinski definition) is 0. The average Bonchev–Trinajstić information content (AvgIpc) is 2.88. The Morgan fingerprint density at radius 3 is 1.34 bits per heavy atom. The molecule has 0 heterocycles.